The van der Waals surface area contributed by atoms with Crippen LogP contribution in [-0.4, -0.2) is 19.7 Å². The first-order valence-corrected chi connectivity index (χ1v) is 6.30. The first-order chi connectivity index (χ1) is 9.15. The Bertz CT molecular complexity index is 763. The molecule has 0 radical (unpaired) electrons. The number of hydrogen-bond acceptors (Lipinski definition) is 6. The summed E-state index contributed by atoms with van der Waals surface area (Å²) in [4.78, 5) is 14.9. The summed E-state index contributed by atoms with van der Waals surface area (Å²) in [6.45, 7) is 0. The molecule has 2 aromatic heterocycles. The fraction of sp³-hybridized carbons (Fsp3) is 0.0909. The summed E-state index contributed by atoms with van der Waals surface area (Å²) in [5, 5.41) is 18.3. The van der Waals surface area contributed by atoms with Crippen molar-refractivity contribution < 1.29 is 4.92 Å². The Morgan fingerprint density at radius 1 is 1.42 bits per heavy atom. The number of fused-ring (bicyclic) bond motifs is 1. The van der Waals surface area contributed by atoms with Crippen molar-refractivity contribution in [2.75, 3.05) is 5.32 Å². The van der Waals surface area contributed by atoms with E-state index in [1.165, 1.54) is 11.3 Å². The average molecular weight is 275 g/mol. The van der Waals surface area contributed by atoms with Crippen LogP contribution in [0, 0.1) is 10.1 Å². The Hall–Kier alpha value is -2.48. The van der Waals surface area contributed by atoms with Crippen LogP contribution in [0.2, 0.25) is 0 Å². The molecule has 0 atom stereocenters. The summed E-state index contributed by atoms with van der Waals surface area (Å²) in [6.07, 6.45) is 1.76. The lowest BCUT2D eigenvalue weighted by molar-refractivity contribution is -0.382. The summed E-state index contributed by atoms with van der Waals surface area (Å²) in [7, 11) is 1.78. The fourth-order valence-electron chi connectivity index (χ4n) is 1.82. The molecule has 0 aliphatic carbocycles. The van der Waals surface area contributed by atoms with E-state index in [1.807, 2.05) is 6.07 Å². The van der Waals surface area contributed by atoms with Crippen LogP contribution in [0.5, 0.6) is 0 Å². The molecule has 1 aromatic carbocycles. The number of benzene rings is 1. The molecule has 3 rings (SSSR count). The van der Waals surface area contributed by atoms with E-state index in [2.05, 4.69) is 15.4 Å². The maximum Gasteiger partial charge on any atom is 0.319 e. The van der Waals surface area contributed by atoms with Crippen LogP contribution in [0.3, 0.4) is 0 Å². The van der Waals surface area contributed by atoms with Crippen LogP contribution in [0.4, 0.5) is 17.2 Å². The highest BCUT2D eigenvalue weighted by molar-refractivity contribution is 7.16. The predicted octanol–water partition coefficient (Wildman–Crippen LogP) is 2.68. The molecule has 0 saturated heterocycles. The van der Waals surface area contributed by atoms with Crippen LogP contribution >= 0.6 is 11.3 Å². The molecule has 0 unspecified atom stereocenters. The van der Waals surface area contributed by atoms with E-state index in [-0.39, 0.29) is 5.69 Å². The second-order valence-electron chi connectivity index (χ2n) is 3.92. The first kappa shape index (κ1) is 11.6. The van der Waals surface area contributed by atoms with Crippen molar-refractivity contribution in [2.45, 2.75) is 0 Å². The SMILES string of the molecule is Cn1ccc(Nc2ccc3scnc3c2[N+](=O)[O-])n1. The number of nitrogens with zero attached hydrogens (tertiary/aromatic N) is 4. The molecule has 3 aromatic rings. The summed E-state index contributed by atoms with van der Waals surface area (Å²) >= 11 is 1.37. The zero-order chi connectivity index (χ0) is 13.4. The van der Waals surface area contributed by atoms with Crippen LogP contribution in [0.15, 0.2) is 29.9 Å². The van der Waals surface area contributed by atoms with Gasteiger partial charge in [-0.05, 0) is 12.1 Å². The van der Waals surface area contributed by atoms with Crippen LogP contribution in [0.1, 0.15) is 0 Å². The van der Waals surface area contributed by atoms with Gasteiger partial charge < -0.3 is 5.32 Å². The molecular formula is C11H9N5O2S. The molecule has 0 bridgehead atoms. The van der Waals surface area contributed by atoms with Crippen LogP contribution < -0.4 is 5.32 Å². The van der Waals surface area contributed by atoms with Gasteiger partial charge in [0.25, 0.3) is 0 Å². The van der Waals surface area contributed by atoms with Gasteiger partial charge in [0.1, 0.15) is 5.69 Å². The summed E-state index contributed by atoms with van der Waals surface area (Å²) in [6, 6.07) is 5.23. The number of aromatic nitrogens is 3. The second kappa shape index (κ2) is 4.32. The lowest BCUT2D eigenvalue weighted by Crippen LogP contribution is -1.99. The molecule has 0 aliphatic rings. The lowest BCUT2D eigenvalue weighted by atomic mass is 10.2. The molecule has 0 amide bonds. The van der Waals surface area contributed by atoms with Crippen LogP contribution in [-0.2, 0) is 7.05 Å². The van der Waals surface area contributed by atoms with Gasteiger partial charge >= 0.3 is 5.69 Å². The Kier molecular flexibility index (Phi) is 2.64. The van der Waals surface area contributed by atoms with E-state index in [1.54, 1.807) is 35.6 Å². The van der Waals surface area contributed by atoms with Gasteiger partial charge in [0.15, 0.2) is 11.3 Å². The third-order valence-corrected chi connectivity index (χ3v) is 3.43. The van der Waals surface area contributed by atoms with Crippen molar-refractivity contribution in [1.29, 1.82) is 0 Å². The summed E-state index contributed by atoms with van der Waals surface area (Å²) in [5.74, 6) is 0.556. The van der Waals surface area contributed by atoms with Crippen molar-refractivity contribution in [3.63, 3.8) is 0 Å². The number of nitro groups is 1. The normalized spacial score (nSPS) is 10.8. The number of nitrogens with one attached hydrogen (secondary N) is 1. The molecule has 96 valence electrons. The van der Waals surface area contributed by atoms with Gasteiger partial charge in [-0.15, -0.1) is 11.3 Å². The molecule has 0 aliphatic heterocycles. The zero-order valence-electron chi connectivity index (χ0n) is 9.90. The summed E-state index contributed by atoms with van der Waals surface area (Å²) in [5.41, 5.74) is 2.37. The van der Waals surface area contributed by atoms with E-state index in [0.29, 0.717) is 17.0 Å². The topological polar surface area (TPSA) is 85.9 Å². The first-order valence-electron chi connectivity index (χ1n) is 5.42. The maximum atomic E-state index is 11.2. The highest BCUT2D eigenvalue weighted by Crippen LogP contribution is 2.35. The van der Waals surface area contributed by atoms with Gasteiger partial charge in [-0.1, -0.05) is 0 Å². The number of anilines is 2. The number of nitro benzene ring substituents is 1. The average Bonchev–Trinajstić information content (AvgIpc) is 2.97. The monoisotopic (exact) mass is 275 g/mol. The number of rotatable bonds is 3. The van der Waals surface area contributed by atoms with E-state index in [0.717, 1.165) is 4.70 Å². The molecule has 19 heavy (non-hydrogen) atoms. The number of hydrogen-bond donors (Lipinski definition) is 1. The smallest absolute Gasteiger partial charge is 0.319 e. The quantitative estimate of drug-likeness (QED) is 0.586. The molecule has 0 spiro atoms. The standard InChI is InChI=1S/C11H9N5O2S/c1-15-5-4-9(14-15)13-7-2-3-8-10(12-6-19-8)11(7)16(17)18/h2-6H,1H3,(H,13,14). The highest BCUT2D eigenvalue weighted by Gasteiger charge is 2.21. The Balaban J connectivity index is 2.12. The van der Waals surface area contributed by atoms with E-state index in [4.69, 9.17) is 0 Å². The molecule has 2 heterocycles. The minimum absolute atomic E-state index is 0.0237. The zero-order valence-corrected chi connectivity index (χ0v) is 10.7. The largest absolute Gasteiger partial charge is 0.333 e. The molecular weight excluding hydrogens is 266 g/mol. The predicted molar refractivity (Wildman–Crippen MR) is 72.8 cm³/mol. The minimum atomic E-state index is -0.423. The summed E-state index contributed by atoms with van der Waals surface area (Å²) < 4.78 is 2.41. The fourth-order valence-corrected chi connectivity index (χ4v) is 2.50. The van der Waals surface area contributed by atoms with Gasteiger partial charge in [0.2, 0.25) is 0 Å². The molecule has 7 nitrogen and oxygen atoms in total. The maximum absolute atomic E-state index is 11.2. The minimum Gasteiger partial charge on any atom is -0.333 e. The Morgan fingerprint density at radius 3 is 2.95 bits per heavy atom. The third kappa shape index (κ3) is 2.02. The molecule has 0 saturated carbocycles. The molecule has 1 N–H and O–H groups in total. The van der Waals surface area contributed by atoms with Gasteiger partial charge in [-0.2, -0.15) is 5.10 Å². The van der Waals surface area contributed by atoms with Gasteiger partial charge in [0.05, 0.1) is 15.1 Å². The second-order valence-corrected chi connectivity index (χ2v) is 4.80. The van der Waals surface area contributed by atoms with Crippen molar-refractivity contribution in [3.8, 4) is 0 Å². The Morgan fingerprint density at radius 2 is 2.26 bits per heavy atom. The van der Waals surface area contributed by atoms with Crippen molar-refractivity contribution >= 4 is 38.7 Å². The Labute approximate surface area is 111 Å². The number of aryl methyl sites for hydroxylation is 1. The van der Waals surface area contributed by atoms with Crippen molar-refractivity contribution in [1.82, 2.24) is 14.8 Å². The highest BCUT2D eigenvalue weighted by atomic mass is 32.1. The lowest BCUT2D eigenvalue weighted by Gasteiger charge is -2.04. The van der Waals surface area contributed by atoms with Gasteiger partial charge in [-0.3, -0.25) is 14.8 Å². The van der Waals surface area contributed by atoms with E-state index >= 15 is 0 Å². The van der Waals surface area contributed by atoms with E-state index in [9.17, 15) is 10.1 Å². The van der Waals surface area contributed by atoms with Crippen molar-refractivity contribution in [2.24, 2.45) is 7.05 Å². The van der Waals surface area contributed by atoms with Gasteiger partial charge in [-0.25, -0.2) is 4.98 Å². The molecule has 0 fully saturated rings. The molecule has 8 heteroatoms. The van der Waals surface area contributed by atoms with E-state index < -0.39 is 4.92 Å². The van der Waals surface area contributed by atoms with Crippen LogP contribution in [0.25, 0.3) is 10.2 Å². The third-order valence-electron chi connectivity index (χ3n) is 2.63. The number of thiazole rings is 1. The van der Waals surface area contributed by atoms with Crippen molar-refractivity contribution in [3.05, 3.63) is 40.0 Å². The van der Waals surface area contributed by atoms with Gasteiger partial charge in [0, 0.05) is 19.3 Å².